The van der Waals surface area contributed by atoms with Crippen molar-refractivity contribution in [3.63, 3.8) is 0 Å². The summed E-state index contributed by atoms with van der Waals surface area (Å²) in [6.07, 6.45) is 3.74. The van der Waals surface area contributed by atoms with Crippen LogP contribution in [0.15, 0.2) is 30.5 Å². The van der Waals surface area contributed by atoms with Gasteiger partial charge in [0.2, 0.25) is 17.7 Å². The number of carbonyl (C=O) groups is 4. The highest BCUT2D eigenvalue weighted by atomic mass is 16.4. The molecule has 2 aromatic rings. The molecule has 4 atom stereocenters. The number of para-hydroxylation sites is 1. The van der Waals surface area contributed by atoms with Crippen LogP contribution in [0.4, 0.5) is 0 Å². The van der Waals surface area contributed by atoms with Gasteiger partial charge in [-0.2, -0.15) is 0 Å². The third kappa shape index (κ3) is 8.65. The van der Waals surface area contributed by atoms with E-state index in [4.69, 9.17) is 5.73 Å². The second kappa shape index (κ2) is 13.6. The van der Waals surface area contributed by atoms with Gasteiger partial charge in [-0.3, -0.25) is 19.2 Å². The first-order valence-corrected chi connectivity index (χ1v) is 12.1. The number of amides is 3. The Kier molecular flexibility index (Phi) is 10.9. The number of nitrogens with one attached hydrogen (secondary N) is 4. The third-order valence-corrected chi connectivity index (χ3v) is 5.86. The van der Waals surface area contributed by atoms with Crippen LogP contribution in [0, 0.1) is 0 Å². The van der Waals surface area contributed by atoms with E-state index in [2.05, 4.69) is 20.9 Å². The summed E-state index contributed by atoms with van der Waals surface area (Å²) in [5, 5.41) is 18.0. The number of aromatic amines is 1. The molecule has 0 saturated heterocycles. The molecular formula is C25H38N6O5. The lowest BCUT2D eigenvalue weighted by Crippen LogP contribution is -2.57. The Labute approximate surface area is 211 Å². The van der Waals surface area contributed by atoms with E-state index in [1.54, 1.807) is 6.20 Å². The molecule has 0 unspecified atom stereocenters. The summed E-state index contributed by atoms with van der Waals surface area (Å²) in [5.74, 6) is -2.83. The van der Waals surface area contributed by atoms with Gasteiger partial charge in [-0.15, -0.1) is 0 Å². The molecule has 0 aliphatic carbocycles. The maximum Gasteiger partial charge on any atom is 0.325 e. The minimum atomic E-state index is -1.19. The fraction of sp³-hybridized carbons (Fsp3) is 0.520. The molecule has 36 heavy (non-hydrogen) atoms. The molecule has 0 aliphatic rings. The van der Waals surface area contributed by atoms with E-state index in [1.165, 1.54) is 13.8 Å². The van der Waals surface area contributed by atoms with E-state index in [0.717, 1.165) is 29.4 Å². The summed E-state index contributed by atoms with van der Waals surface area (Å²) < 4.78 is 0. The van der Waals surface area contributed by atoms with Crippen molar-refractivity contribution in [1.29, 1.82) is 0 Å². The number of rotatable bonds is 14. The third-order valence-electron chi connectivity index (χ3n) is 5.86. The van der Waals surface area contributed by atoms with Gasteiger partial charge in [-0.05, 0) is 65.4 Å². The van der Waals surface area contributed by atoms with E-state index < -0.39 is 47.9 Å². The van der Waals surface area contributed by atoms with Crippen molar-refractivity contribution in [3.05, 3.63) is 36.0 Å². The largest absolute Gasteiger partial charge is 0.480 e. The van der Waals surface area contributed by atoms with Gasteiger partial charge in [0, 0.05) is 23.5 Å². The number of nitrogens with zero attached hydrogens (tertiary/aromatic N) is 1. The van der Waals surface area contributed by atoms with Crippen LogP contribution < -0.4 is 21.7 Å². The first kappa shape index (κ1) is 28.8. The van der Waals surface area contributed by atoms with Crippen LogP contribution in [0.1, 0.15) is 38.7 Å². The van der Waals surface area contributed by atoms with Crippen LogP contribution in [0.3, 0.4) is 0 Å². The average molecular weight is 503 g/mol. The molecule has 0 radical (unpaired) electrons. The van der Waals surface area contributed by atoms with Crippen LogP contribution in [0.2, 0.25) is 0 Å². The molecule has 11 nitrogen and oxygen atoms in total. The number of nitrogens with two attached hydrogens (primary N) is 1. The highest BCUT2D eigenvalue weighted by Gasteiger charge is 2.29. The number of benzene rings is 1. The van der Waals surface area contributed by atoms with E-state index in [-0.39, 0.29) is 6.42 Å². The van der Waals surface area contributed by atoms with E-state index in [9.17, 15) is 24.3 Å². The fourth-order valence-corrected chi connectivity index (χ4v) is 3.73. The Morgan fingerprint density at radius 3 is 2.25 bits per heavy atom. The molecular weight excluding hydrogens is 464 g/mol. The molecule has 0 aliphatic heterocycles. The van der Waals surface area contributed by atoms with Crippen molar-refractivity contribution in [2.45, 2.75) is 63.7 Å². The number of carboxylic acid groups (broad SMARTS) is 1. The molecule has 2 rings (SSSR count). The fourth-order valence-electron chi connectivity index (χ4n) is 3.73. The van der Waals surface area contributed by atoms with E-state index >= 15 is 0 Å². The zero-order chi connectivity index (χ0) is 26.8. The maximum absolute atomic E-state index is 13.3. The van der Waals surface area contributed by atoms with Gasteiger partial charge in [-0.25, -0.2) is 0 Å². The molecule has 1 aromatic heterocycles. The molecule has 11 heteroatoms. The number of aromatic nitrogens is 1. The van der Waals surface area contributed by atoms with Crippen LogP contribution in [-0.4, -0.2) is 83.5 Å². The number of H-pyrrole nitrogens is 1. The smallest absolute Gasteiger partial charge is 0.325 e. The van der Waals surface area contributed by atoms with Gasteiger partial charge >= 0.3 is 5.97 Å². The van der Waals surface area contributed by atoms with Crippen LogP contribution in [0.25, 0.3) is 10.9 Å². The lowest BCUT2D eigenvalue weighted by molar-refractivity contribution is -0.141. The SMILES string of the molecule is C[C@H](N)C(=O)N[C@@H](CCCCN(C)C)C(=O)N[C@@H](Cc1c[nH]c2ccccc12)C(=O)N[C@@H](C)C(=O)O. The van der Waals surface area contributed by atoms with Gasteiger partial charge in [0.1, 0.15) is 18.1 Å². The highest BCUT2D eigenvalue weighted by Crippen LogP contribution is 2.19. The number of unbranched alkanes of at least 4 members (excludes halogenated alkanes) is 1. The summed E-state index contributed by atoms with van der Waals surface area (Å²) in [5.41, 5.74) is 7.34. The quantitative estimate of drug-likeness (QED) is 0.202. The molecule has 3 amide bonds. The van der Waals surface area contributed by atoms with Crippen molar-refractivity contribution < 1.29 is 24.3 Å². The van der Waals surface area contributed by atoms with Crippen LogP contribution in [0.5, 0.6) is 0 Å². The number of aliphatic carboxylic acids is 1. The summed E-state index contributed by atoms with van der Waals surface area (Å²) in [4.78, 5) is 55.0. The number of fused-ring (bicyclic) bond motifs is 1. The molecule has 7 N–H and O–H groups in total. The minimum Gasteiger partial charge on any atom is -0.480 e. The highest BCUT2D eigenvalue weighted by molar-refractivity contribution is 5.94. The second-order valence-electron chi connectivity index (χ2n) is 9.34. The first-order valence-electron chi connectivity index (χ1n) is 12.1. The Bertz CT molecular complexity index is 1050. The van der Waals surface area contributed by atoms with Crippen molar-refractivity contribution in [2.75, 3.05) is 20.6 Å². The number of carboxylic acids is 1. The van der Waals surface area contributed by atoms with Crippen molar-refractivity contribution in [2.24, 2.45) is 5.73 Å². The van der Waals surface area contributed by atoms with Crippen molar-refractivity contribution in [1.82, 2.24) is 25.8 Å². The molecule has 1 heterocycles. The van der Waals surface area contributed by atoms with E-state index in [0.29, 0.717) is 12.8 Å². The summed E-state index contributed by atoms with van der Waals surface area (Å²) in [7, 11) is 3.90. The number of hydrogen-bond donors (Lipinski definition) is 6. The standard InChI is InChI=1S/C25H38N6O5/c1-15(26)22(32)29-20(11-7-8-12-31(3)4)23(33)30-21(24(34)28-16(2)25(35)36)13-17-14-27-19-10-6-5-9-18(17)19/h5-6,9-10,14-16,20-21,27H,7-8,11-13,26H2,1-4H3,(H,28,34)(H,29,32)(H,30,33)(H,35,36)/t15-,16-,20-,21-/m0/s1. The molecule has 0 fully saturated rings. The Morgan fingerprint density at radius 2 is 1.61 bits per heavy atom. The van der Waals surface area contributed by atoms with Gasteiger partial charge < -0.3 is 36.7 Å². The zero-order valence-corrected chi connectivity index (χ0v) is 21.3. The minimum absolute atomic E-state index is 0.127. The van der Waals surface area contributed by atoms with Crippen LogP contribution in [-0.2, 0) is 25.6 Å². The Morgan fingerprint density at radius 1 is 0.972 bits per heavy atom. The lowest BCUT2D eigenvalue weighted by atomic mass is 10.0. The topological polar surface area (TPSA) is 170 Å². The molecule has 0 saturated carbocycles. The second-order valence-corrected chi connectivity index (χ2v) is 9.34. The molecule has 1 aromatic carbocycles. The van der Waals surface area contributed by atoms with Gasteiger partial charge in [0.05, 0.1) is 6.04 Å². The Hall–Kier alpha value is -3.44. The summed E-state index contributed by atoms with van der Waals surface area (Å²) in [6, 6.07) is 3.65. The number of carbonyl (C=O) groups excluding carboxylic acids is 3. The molecule has 198 valence electrons. The zero-order valence-electron chi connectivity index (χ0n) is 21.3. The predicted molar refractivity (Wildman–Crippen MR) is 137 cm³/mol. The van der Waals surface area contributed by atoms with Gasteiger partial charge in [-0.1, -0.05) is 18.2 Å². The monoisotopic (exact) mass is 502 g/mol. The van der Waals surface area contributed by atoms with Crippen molar-refractivity contribution in [3.8, 4) is 0 Å². The van der Waals surface area contributed by atoms with Gasteiger partial charge in [0.25, 0.3) is 0 Å². The summed E-state index contributed by atoms with van der Waals surface area (Å²) in [6.45, 7) is 3.70. The molecule has 0 spiro atoms. The number of hydrogen-bond acceptors (Lipinski definition) is 6. The molecule has 0 bridgehead atoms. The lowest BCUT2D eigenvalue weighted by Gasteiger charge is -2.24. The summed E-state index contributed by atoms with van der Waals surface area (Å²) >= 11 is 0. The predicted octanol–water partition coefficient (Wildman–Crippen LogP) is 0.348. The average Bonchev–Trinajstić information content (AvgIpc) is 3.22. The van der Waals surface area contributed by atoms with Crippen LogP contribution >= 0.6 is 0 Å². The van der Waals surface area contributed by atoms with Gasteiger partial charge in [0.15, 0.2) is 0 Å². The Balaban J connectivity index is 2.24. The van der Waals surface area contributed by atoms with Crippen molar-refractivity contribution >= 4 is 34.6 Å². The van der Waals surface area contributed by atoms with E-state index in [1.807, 2.05) is 43.3 Å². The first-order chi connectivity index (χ1) is 17.0. The maximum atomic E-state index is 13.3. The normalized spacial score (nSPS) is 14.6.